The van der Waals surface area contributed by atoms with Crippen molar-refractivity contribution in [2.24, 2.45) is 0 Å². The van der Waals surface area contributed by atoms with Crippen LogP contribution in [0.15, 0.2) is 18.5 Å². The van der Waals surface area contributed by atoms with Gasteiger partial charge in [-0.05, 0) is 6.07 Å². The average molecular weight is 234 g/mol. The van der Waals surface area contributed by atoms with Gasteiger partial charge in [0.15, 0.2) is 0 Å². The number of halogens is 2. The third kappa shape index (κ3) is 2.58. The summed E-state index contributed by atoms with van der Waals surface area (Å²) in [5.74, 6) is 0. The molecule has 0 saturated carbocycles. The van der Waals surface area contributed by atoms with Crippen LogP contribution < -0.4 is 10.6 Å². The number of pyridine rings is 1. The average Bonchev–Trinajstić information content (AvgIpc) is 2.20. The van der Waals surface area contributed by atoms with E-state index in [0.29, 0.717) is 6.04 Å². The van der Waals surface area contributed by atoms with Crippen LogP contribution in [-0.4, -0.2) is 24.6 Å². The Kier molecular flexibility index (Phi) is 4.62. The first kappa shape index (κ1) is 11.7. The summed E-state index contributed by atoms with van der Waals surface area (Å²) in [5, 5.41) is 7.49. The number of aromatic nitrogens is 1. The summed E-state index contributed by atoms with van der Waals surface area (Å²) in [4.78, 5) is 4.07. The third-order valence-corrected chi connectivity index (χ3v) is 2.56. The molecule has 2 rings (SSSR count). The Bertz CT molecular complexity index is 287. The topological polar surface area (TPSA) is 37.0 Å². The summed E-state index contributed by atoms with van der Waals surface area (Å²) < 4.78 is 0. The van der Waals surface area contributed by atoms with Crippen molar-refractivity contribution in [2.45, 2.75) is 6.04 Å². The number of rotatable bonds is 1. The number of nitrogens with one attached hydrogen (secondary N) is 2. The van der Waals surface area contributed by atoms with Gasteiger partial charge in [-0.2, -0.15) is 0 Å². The molecule has 1 aliphatic heterocycles. The fourth-order valence-electron chi connectivity index (χ4n) is 1.52. The van der Waals surface area contributed by atoms with E-state index >= 15 is 0 Å². The van der Waals surface area contributed by atoms with E-state index in [-0.39, 0.29) is 12.4 Å². The highest BCUT2D eigenvalue weighted by atomic mass is 35.5. The SMILES string of the molecule is Cl.Clc1ccncc1C1CNCCN1. The van der Waals surface area contributed by atoms with Gasteiger partial charge in [-0.3, -0.25) is 4.98 Å². The maximum atomic E-state index is 6.05. The Morgan fingerprint density at radius 3 is 2.93 bits per heavy atom. The van der Waals surface area contributed by atoms with E-state index in [4.69, 9.17) is 11.6 Å². The summed E-state index contributed by atoms with van der Waals surface area (Å²) in [7, 11) is 0. The minimum atomic E-state index is 0. The Hall–Kier alpha value is -0.350. The summed E-state index contributed by atoms with van der Waals surface area (Å²) in [6, 6.07) is 2.13. The van der Waals surface area contributed by atoms with Gasteiger partial charge in [0.25, 0.3) is 0 Å². The molecule has 1 saturated heterocycles. The normalized spacial score (nSPS) is 21.4. The van der Waals surface area contributed by atoms with Gasteiger partial charge in [0.1, 0.15) is 0 Å². The first-order valence-electron chi connectivity index (χ1n) is 4.41. The van der Waals surface area contributed by atoms with Crippen molar-refractivity contribution < 1.29 is 0 Å². The zero-order chi connectivity index (χ0) is 9.10. The molecular formula is C9H13Cl2N3. The van der Waals surface area contributed by atoms with Crippen LogP contribution in [0.1, 0.15) is 11.6 Å². The minimum Gasteiger partial charge on any atom is -0.314 e. The van der Waals surface area contributed by atoms with Gasteiger partial charge in [-0.15, -0.1) is 12.4 Å². The monoisotopic (exact) mass is 233 g/mol. The van der Waals surface area contributed by atoms with E-state index in [2.05, 4.69) is 15.6 Å². The summed E-state index contributed by atoms with van der Waals surface area (Å²) in [6.45, 7) is 2.93. The Morgan fingerprint density at radius 2 is 2.29 bits per heavy atom. The molecule has 3 nitrogen and oxygen atoms in total. The van der Waals surface area contributed by atoms with Crippen LogP contribution in [0.4, 0.5) is 0 Å². The van der Waals surface area contributed by atoms with Crippen LogP contribution in [0.5, 0.6) is 0 Å². The molecule has 1 aliphatic rings. The van der Waals surface area contributed by atoms with Crippen LogP contribution in [-0.2, 0) is 0 Å². The molecule has 78 valence electrons. The number of piperazine rings is 1. The maximum Gasteiger partial charge on any atom is 0.0485 e. The van der Waals surface area contributed by atoms with Crippen molar-refractivity contribution in [3.63, 3.8) is 0 Å². The number of hydrogen-bond donors (Lipinski definition) is 2. The smallest absolute Gasteiger partial charge is 0.0485 e. The molecule has 2 heterocycles. The van der Waals surface area contributed by atoms with Crippen molar-refractivity contribution in [3.8, 4) is 0 Å². The number of hydrogen-bond acceptors (Lipinski definition) is 3. The van der Waals surface area contributed by atoms with Crippen LogP contribution >= 0.6 is 24.0 Å². The predicted octanol–water partition coefficient (Wildman–Crippen LogP) is 1.39. The molecule has 14 heavy (non-hydrogen) atoms. The summed E-state index contributed by atoms with van der Waals surface area (Å²) >= 11 is 6.05. The zero-order valence-electron chi connectivity index (χ0n) is 7.66. The second kappa shape index (κ2) is 5.51. The van der Waals surface area contributed by atoms with Crippen molar-refractivity contribution in [2.75, 3.05) is 19.6 Å². The molecule has 0 aliphatic carbocycles. The van der Waals surface area contributed by atoms with Crippen LogP contribution in [0, 0.1) is 0 Å². The van der Waals surface area contributed by atoms with Gasteiger partial charge < -0.3 is 10.6 Å². The Balaban J connectivity index is 0.000000980. The lowest BCUT2D eigenvalue weighted by molar-refractivity contribution is 0.429. The van der Waals surface area contributed by atoms with Gasteiger partial charge >= 0.3 is 0 Å². The standard InChI is InChI=1S/C9H12ClN3.ClH/c10-8-1-2-11-5-7(8)9-6-12-3-4-13-9;/h1-2,5,9,12-13H,3-4,6H2;1H. The molecule has 1 fully saturated rings. The number of nitrogens with zero attached hydrogens (tertiary/aromatic N) is 1. The molecule has 5 heteroatoms. The highest BCUT2D eigenvalue weighted by Crippen LogP contribution is 2.21. The fourth-order valence-corrected chi connectivity index (χ4v) is 1.76. The van der Waals surface area contributed by atoms with E-state index in [9.17, 15) is 0 Å². The first-order chi connectivity index (χ1) is 6.38. The lowest BCUT2D eigenvalue weighted by atomic mass is 10.1. The van der Waals surface area contributed by atoms with Crippen molar-refractivity contribution in [1.82, 2.24) is 15.6 Å². The van der Waals surface area contributed by atoms with Crippen LogP contribution in [0.3, 0.4) is 0 Å². The molecule has 0 amide bonds. The van der Waals surface area contributed by atoms with Crippen LogP contribution in [0.25, 0.3) is 0 Å². The molecule has 1 unspecified atom stereocenters. The molecule has 1 atom stereocenters. The van der Waals surface area contributed by atoms with Gasteiger partial charge in [0, 0.05) is 48.7 Å². The maximum absolute atomic E-state index is 6.05. The van der Waals surface area contributed by atoms with Crippen molar-refractivity contribution in [1.29, 1.82) is 0 Å². The third-order valence-electron chi connectivity index (χ3n) is 2.21. The highest BCUT2D eigenvalue weighted by Gasteiger charge is 2.16. The van der Waals surface area contributed by atoms with Crippen molar-refractivity contribution in [3.05, 3.63) is 29.0 Å². The van der Waals surface area contributed by atoms with Gasteiger partial charge in [-0.1, -0.05) is 11.6 Å². The van der Waals surface area contributed by atoms with Crippen molar-refractivity contribution >= 4 is 24.0 Å². The molecule has 0 aromatic carbocycles. The quantitative estimate of drug-likeness (QED) is 0.771. The van der Waals surface area contributed by atoms with Gasteiger partial charge in [0.05, 0.1) is 0 Å². The second-order valence-electron chi connectivity index (χ2n) is 3.11. The van der Waals surface area contributed by atoms with Crippen LogP contribution in [0.2, 0.25) is 5.02 Å². The molecule has 0 bridgehead atoms. The molecule has 0 spiro atoms. The zero-order valence-corrected chi connectivity index (χ0v) is 9.24. The molecule has 1 aromatic rings. The van der Waals surface area contributed by atoms with Gasteiger partial charge in [0.2, 0.25) is 0 Å². The highest BCUT2D eigenvalue weighted by molar-refractivity contribution is 6.31. The lowest BCUT2D eigenvalue weighted by Crippen LogP contribution is -2.42. The predicted molar refractivity (Wildman–Crippen MR) is 60.1 cm³/mol. The Morgan fingerprint density at radius 1 is 1.43 bits per heavy atom. The summed E-state index contributed by atoms with van der Waals surface area (Å²) in [6.07, 6.45) is 3.54. The molecular weight excluding hydrogens is 221 g/mol. The fraction of sp³-hybridized carbons (Fsp3) is 0.444. The van der Waals surface area contributed by atoms with E-state index in [0.717, 1.165) is 30.2 Å². The minimum absolute atomic E-state index is 0. The van der Waals surface area contributed by atoms with E-state index in [1.54, 1.807) is 6.20 Å². The molecule has 1 aromatic heterocycles. The second-order valence-corrected chi connectivity index (χ2v) is 3.52. The molecule has 0 radical (unpaired) electrons. The summed E-state index contributed by atoms with van der Waals surface area (Å²) in [5.41, 5.74) is 1.08. The van der Waals surface area contributed by atoms with E-state index < -0.39 is 0 Å². The lowest BCUT2D eigenvalue weighted by Gasteiger charge is -2.25. The largest absolute Gasteiger partial charge is 0.314 e. The Labute approximate surface area is 94.7 Å². The van der Waals surface area contributed by atoms with Gasteiger partial charge in [-0.25, -0.2) is 0 Å². The molecule has 2 N–H and O–H groups in total. The first-order valence-corrected chi connectivity index (χ1v) is 4.79. The van der Waals surface area contributed by atoms with E-state index in [1.165, 1.54) is 0 Å². The van der Waals surface area contributed by atoms with E-state index in [1.807, 2.05) is 12.3 Å².